The molecule has 0 spiro atoms. The van der Waals surface area contributed by atoms with Crippen molar-refractivity contribution in [1.82, 2.24) is 21.3 Å². The van der Waals surface area contributed by atoms with Crippen LogP contribution in [0.5, 0.6) is 5.75 Å². The molecule has 3 rings (SSSR count). The monoisotopic (exact) mass is 653 g/mol. The lowest BCUT2D eigenvalue weighted by Crippen LogP contribution is -2.59. The first-order valence-electron chi connectivity index (χ1n) is 16.2. The van der Waals surface area contributed by atoms with Crippen molar-refractivity contribution in [2.75, 3.05) is 26.2 Å². The molecule has 0 aliphatic carbocycles. The van der Waals surface area contributed by atoms with Crippen LogP contribution in [0, 0.1) is 6.92 Å². The van der Waals surface area contributed by atoms with Crippen molar-refractivity contribution >= 4 is 23.6 Å². The van der Waals surface area contributed by atoms with Crippen LogP contribution in [0.1, 0.15) is 48.8 Å². The van der Waals surface area contributed by atoms with E-state index in [4.69, 9.17) is 28.7 Å². The molecule has 1 aliphatic rings. The molecule has 1 heterocycles. The van der Waals surface area contributed by atoms with E-state index in [1.165, 1.54) is 0 Å². The summed E-state index contributed by atoms with van der Waals surface area (Å²) >= 11 is 0. The number of carbonyl (C=O) groups is 4. The van der Waals surface area contributed by atoms with E-state index in [-0.39, 0.29) is 57.1 Å². The van der Waals surface area contributed by atoms with Crippen molar-refractivity contribution in [3.63, 3.8) is 0 Å². The Labute approximate surface area is 275 Å². The zero-order valence-corrected chi connectivity index (χ0v) is 27.1. The van der Waals surface area contributed by atoms with E-state index in [1.807, 2.05) is 25.1 Å². The number of hydrogen-bond donors (Lipinski definition) is 10. The summed E-state index contributed by atoms with van der Waals surface area (Å²) in [6.45, 7) is 2.98. The second-order valence-electron chi connectivity index (χ2n) is 12.1. The van der Waals surface area contributed by atoms with Crippen molar-refractivity contribution in [3.05, 3.63) is 53.1 Å². The minimum atomic E-state index is -1.12. The van der Waals surface area contributed by atoms with Gasteiger partial charge in [0.15, 0.2) is 0 Å². The van der Waals surface area contributed by atoms with Crippen molar-refractivity contribution in [2.45, 2.75) is 82.1 Å². The van der Waals surface area contributed by atoms with Crippen molar-refractivity contribution in [2.24, 2.45) is 28.7 Å². The highest BCUT2D eigenvalue weighted by Crippen LogP contribution is 2.29. The van der Waals surface area contributed by atoms with Gasteiger partial charge in [0.05, 0.1) is 6.04 Å². The van der Waals surface area contributed by atoms with Crippen LogP contribution in [0.2, 0.25) is 0 Å². The van der Waals surface area contributed by atoms with Crippen molar-refractivity contribution in [3.8, 4) is 16.9 Å². The molecule has 0 radical (unpaired) electrons. The Kier molecular flexibility index (Phi) is 14.6. The first-order valence-corrected chi connectivity index (χ1v) is 16.2. The third kappa shape index (κ3) is 11.0. The lowest BCUT2D eigenvalue weighted by atomic mass is 9.93. The van der Waals surface area contributed by atoms with E-state index in [1.54, 1.807) is 18.2 Å². The van der Waals surface area contributed by atoms with Gasteiger partial charge in [0, 0.05) is 25.4 Å². The number of nitrogens with two attached hydrogens (primary N) is 5. The van der Waals surface area contributed by atoms with Gasteiger partial charge in [-0.05, 0) is 98.6 Å². The van der Waals surface area contributed by atoms with Crippen molar-refractivity contribution < 1.29 is 24.3 Å². The molecule has 0 fully saturated rings. The average Bonchev–Trinajstić information content (AvgIpc) is 3.05. The van der Waals surface area contributed by atoms with Gasteiger partial charge in [-0.25, -0.2) is 0 Å². The number of rotatable bonds is 13. The van der Waals surface area contributed by atoms with E-state index in [0.29, 0.717) is 31.4 Å². The highest BCUT2D eigenvalue weighted by Gasteiger charge is 2.31. The van der Waals surface area contributed by atoms with E-state index < -0.39 is 47.8 Å². The summed E-state index contributed by atoms with van der Waals surface area (Å²) in [5.74, 6) is -2.24. The number of aromatic hydroxyl groups is 1. The highest BCUT2D eigenvalue weighted by molar-refractivity contribution is 5.95. The molecule has 15 N–H and O–H groups in total. The van der Waals surface area contributed by atoms with E-state index in [0.717, 1.165) is 22.3 Å². The average molecular weight is 654 g/mol. The summed E-state index contributed by atoms with van der Waals surface area (Å²) in [6.07, 6.45) is 2.24. The normalized spacial score (nSPS) is 19.7. The Bertz CT molecular complexity index is 1390. The maximum absolute atomic E-state index is 13.9. The molecular weight excluding hydrogens is 602 g/mol. The largest absolute Gasteiger partial charge is 0.508 e. The fourth-order valence-corrected chi connectivity index (χ4v) is 5.44. The summed E-state index contributed by atoms with van der Waals surface area (Å²) in [6, 6.07) is 6.31. The Morgan fingerprint density at radius 1 is 0.915 bits per heavy atom. The summed E-state index contributed by atoms with van der Waals surface area (Å²) in [5.41, 5.74) is 33.1. The van der Waals surface area contributed by atoms with Gasteiger partial charge < -0.3 is 55.0 Å². The smallest absolute Gasteiger partial charge is 0.243 e. The number of phenols is 1. The number of benzene rings is 2. The van der Waals surface area contributed by atoms with Crippen LogP contribution in [0.25, 0.3) is 11.1 Å². The van der Waals surface area contributed by atoms with Crippen LogP contribution in [0.3, 0.4) is 0 Å². The standard InChI is InChI=1S/C33H51N9O5/c1-19-6-7-20-14-22(19)17-28(33(47)41-27(10-13-36)31(45)39-18-24(37)4-2-11-34)42-32(46)26(5-3-12-35)40-30(44)25(38)16-23-15-21(20)8-9-29(23)43/h6-9,14-15,24-28,43H,2-5,10-13,16-18,34-38H2,1H3,(H,39,45)(H,40,44)(H,41,47)(H,42,46)/t24-,25-,26-,27-,28-/m0/s1. The second kappa shape index (κ2) is 18.3. The minimum absolute atomic E-state index is 0.00331. The lowest BCUT2D eigenvalue weighted by molar-refractivity contribution is -0.134. The number of aryl methyl sites for hydroxylation is 1. The Morgan fingerprint density at radius 3 is 2.28 bits per heavy atom. The van der Waals surface area contributed by atoms with Gasteiger partial charge in [0.1, 0.15) is 23.9 Å². The molecule has 5 atom stereocenters. The first-order chi connectivity index (χ1) is 22.5. The first kappa shape index (κ1) is 37.4. The van der Waals surface area contributed by atoms with Crippen LogP contribution >= 0.6 is 0 Å². The van der Waals surface area contributed by atoms with Gasteiger partial charge in [0.25, 0.3) is 0 Å². The zero-order valence-electron chi connectivity index (χ0n) is 27.1. The molecule has 2 aromatic carbocycles. The fraction of sp³-hybridized carbons (Fsp3) is 0.515. The molecule has 1 aliphatic heterocycles. The van der Waals surface area contributed by atoms with Gasteiger partial charge >= 0.3 is 0 Å². The molecule has 0 aromatic heterocycles. The highest BCUT2D eigenvalue weighted by atomic mass is 16.3. The van der Waals surface area contributed by atoms with E-state index in [2.05, 4.69) is 21.3 Å². The third-order valence-electron chi connectivity index (χ3n) is 8.33. The number of nitrogens with one attached hydrogen (secondary N) is 4. The van der Waals surface area contributed by atoms with Gasteiger partial charge in [-0.1, -0.05) is 24.3 Å². The number of hydrogen-bond acceptors (Lipinski definition) is 10. The van der Waals surface area contributed by atoms with Crippen LogP contribution in [-0.4, -0.2) is 85.1 Å². The molecule has 2 aromatic rings. The van der Waals surface area contributed by atoms with Crippen LogP contribution < -0.4 is 49.9 Å². The second-order valence-corrected chi connectivity index (χ2v) is 12.1. The van der Waals surface area contributed by atoms with Crippen LogP contribution in [0.4, 0.5) is 0 Å². The molecule has 0 unspecified atom stereocenters. The van der Waals surface area contributed by atoms with Gasteiger partial charge in [-0.2, -0.15) is 0 Å². The molecule has 47 heavy (non-hydrogen) atoms. The SMILES string of the molecule is Cc1ccc2cc1C[C@@H](C(=O)N[C@@H](CCN)C(=O)NC[C@@H](N)CCCN)NC(=O)[C@H](CCCN)NC(=O)[C@@H](N)Cc1cc-2ccc1O. The minimum Gasteiger partial charge on any atom is -0.508 e. The number of carbonyl (C=O) groups excluding carboxylic acids is 4. The molecule has 14 nitrogen and oxygen atoms in total. The van der Waals surface area contributed by atoms with Gasteiger partial charge in [0.2, 0.25) is 23.6 Å². The Hall–Kier alpha value is -4.08. The van der Waals surface area contributed by atoms with E-state index >= 15 is 0 Å². The molecule has 4 amide bonds. The number of fused-ring (bicyclic) bond motifs is 5. The van der Waals surface area contributed by atoms with Crippen LogP contribution in [-0.2, 0) is 32.0 Å². The molecule has 0 saturated heterocycles. The summed E-state index contributed by atoms with van der Waals surface area (Å²) < 4.78 is 0. The lowest BCUT2D eigenvalue weighted by Gasteiger charge is -2.26. The number of phenolic OH excluding ortho intramolecular Hbond substituents is 1. The van der Waals surface area contributed by atoms with E-state index in [9.17, 15) is 24.3 Å². The molecule has 258 valence electrons. The van der Waals surface area contributed by atoms with Crippen molar-refractivity contribution in [1.29, 1.82) is 0 Å². The fourth-order valence-electron chi connectivity index (χ4n) is 5.44. The molecular formula is C33H51N9O5. The topological polar surface area (TPSA) is 267 Å². The quantitative estimate of drug-likeness (QED) is 0.120. The summed E-state index contributed by atoms with van der Waals surface area (Å²) in [7, 11) is 0. The molecule has 4 bridgehead atoms. The maximum Gasteiger partial charge on any atom is 0.243 e. The predicted molar refractivity (Wildman–Crippen MR) is 181 cm³/mol. The van der Waals surface area contributed by atoms with Crippen LogP contribution in [0.15, 0.2) is 36.4 Å². The molecule has 0 saturated carbocycles. The Balaban J connectivity index is 1.98. The molecule has 14 heteroatoms. The summed E-state index contributed by atoms with van der Waals surface area (Å²) in [5, 5.41) is 21.6. The Morgan fingerprint density at radius 2 is 1.60 bits per heavy atom. The zero-order chi connectivity index (χ0) is 34.5. The van der Waals surface area contributed by atoms with Gasteiger partial charge in [-0.15, -0.1) is 0 Å². The number of amides is 4. The predicted octanol–water partition coefficient (Wildman–Crippen LogP) is -1.48. The third-order valence-corrected chi connectivity index (χ3v) is 8.33. The van der Waals surface area contributed by atoms with Gasteiger partial charge in [-0.3, -0.25) is 19.2 Å². The summed E-state index contributed by atoms with van der Waals surface area (Å²) in [4.78, 5) is 53.9. The maximum atomic E-state index is 13.9.